The smallest absolute Gasteiger partial charge is 0.234 e. The number of hydrogen-bond donors (Lipinski definition) is 4. The van der Waals surface area contributed by atoms with E-state index in [4.69, 9.17) is 10.5 Å². The first-order valence-electron chi connectivity index (χ1n) is 10.5. The number of anilines is 1. The minimum Gasteiger partial charge on any atom is -0.494 e. The number of guanidine groups is 1. The van der Waals surface area contributed by atoms with Crippen molar-refractivity contribution in [3.63, 3.8) is 0 Å². The van der Waals surface area contributed by atoms with E-state index < -0.39 is 6.17 Å². The van der Waals surface area contributed by atoms with E-state index >= 15 is 0 Å². The normalized spacial score (nSPS) is 15.6. The number of para-hydroxylation sites is 1. The molecule has 0 fully saturated rings. The maximum absolute atomic E-state index is 12.4. The second kappa shape index (κ2) is 10.2. The fraction of sp³-hybridized carbons (Fsp3) is 0.261. The van der Waals surface area contributed by atoms with Crippen LogP contribution in [-0.2, 0) is 4.79 Å². The maximum atomic E-state index is 12.4. The molecule has 1 atom stereocenters. The number of amidine groups is 1. The van der Waals surface area contributed by atoms with E-state index in [2.05, 4.69) is 32.5 Å². The summed E-state index contributed by atoms with van der Waals surface area (Å²) in [6.07, 6.45) is 3.54. The van der Waals surface area contributed by atoms with E-state index in [0.29, 0.717) is 11.8 Å². The van der Waals surface area contributed by atoms with Gasteiger partial charge in [0.15, 0.2) is 17.3 Å². The van der Waals surface area contributed by atoms with Gasteiger partial charge in [0.25, 0.3) is 0 Å². The van der Waals surface area contributed by atoms with Gasteiger partial charge < -0.3 is 26.1 Å². The zero-order chi connectivity index (χ0) is 22.3. The number of amides is 1. The minimum atomic E-state index is -0.460. The molecule has 0 bridgehead atoms. The van der Waals surface area contributed by atoms with Crippen molar-refractivity contribution in [2.24, 2.45) is 15.7 Å². The number of aromatic amines is 1. The lowest BCUT2D eigenvalue weighted by atomic mass is 10.1. The maximum Gasteiger partial charge on any atom is 0.234 e. The molecule has 32 heavy (non-hydrogen) atoms. The molecule has 1 aliphatic heterocycles. The van der Waals surface area contributed by atoms with Gasteiger partial charge in [-0.2, -0.15) is 0 Å². The summed E-state index contributed by atoms with van der Waals surface area (Å²) in [5.41, 5.74) is 8.65. The highest BCUT2D eigenvalue weighted by Crippen LogP contribution is 2.29. The number of H-pyrrole nitrogens is 1. The van der Waals surface area contributed by atoms with E-state index in [-0.39, 0.29) is 17.6 Å². The number of ether oxygens (including phenoxy) is 1. The number of carbonyl (C=O) groups excluding carboxylic acids is 1. The lowest BCUT2D eigenvalue weighted by molar-refractivity contribution is -0.113. The molecule has 0 spiro atoms. The molecular weight excluding hydrogens is 424 g/mol. The van der Waals surface area contributed by atoms with Crippen LogP contribution in [0.2, 0.25) is 0 Å². The van der Waals surface area contributed by atoms with Crippen molar-refractivity contribution < 1.29 is 9.53 Å². The van der Waals surface area contributed by atoms with Gasteiger partial charge in [-0.1, -0.05) is 43.3 Å². The second-order valence-corrected chi connectivity index (χ2v) is 8.26. The van der Waals surface area contributed by atoms with Gasteiger partial charge in [-0.05, 0) is 36.8 Å². The van der Waals surface area contributed by atoms with Gasteiger partial charge in [-0.3, -0.25) is 4.79 Å². The first-order chi connectivity index (χ1) is 15.6. The van der Waals surface area contributed by atoms with Gasteiger partial charge >= 0.3 is 0 Å². The molecule has 9 heteroatoms. The number of fused-ring (bicyclic) bond motifs is 1. The van der Waals surface area contributed by atoms with Gasteiger partial charge in [-0.25, -0.2) is 9.98 Å². The number of rotatable bonds is 8. The summed E-state index contributed by atoms with van der Waals surface area (Å²) in [6.45, 7) is 2.82. The molecule has 2 aromatic carbocycles. The summed E-state index contributed by atoms with van der Waals surface area (Å²) in [7, 11) is 0. The van der Waals surface area contributed by atoms with Crippen molar-refractivity contribution in [1.82, 2.24) is 10.3 Å². The van der Waals surface area contributed by atoms with Crippen molar-refractivity contribution in [1.29, 1.82) is 0 Å². The Kier molecular flexibility index (Phi) is 6.96. The second-order valence-electron chi connectivity index (χ2n) is 7.30. The predicted molar refractivity (Wildman–Crippen MR) is 131 cm³/mol. The third-order valence-corrected chi connectivity index (χ3v) is 5.77. The fourth-order valence-corrected chi connectivity index (χ4v) is 3.96. The van der Waals surface area contributed by atoms with Gasteiger partial charge in [0.05, 0.1) is 12.4 Å². The van der Waals surface area contributed by atoms with Crippen molar-refractivity contribution in [2.45, 2.75) is 25.9 Å². The van der Waals surface area contributed by atoms with Crippen LogP contribution in [0.15, 0.2) is 64.7 Å². The van der Waals surface area contributed by atoms with Crippen LogP contribution < -0.4 is 21.1 Å². The number of thioether (sulfide) groups is 1. The predicted octanol–water partition coefficient (Wildman–Crippen LogP) is 3.99. The zero-order valence-electron chi connectivity index (χ0n) is 17.8. The first-order valence-corrected chi connectivity index (χ1v) is 11.5. The molecule has 0 radical (unpaired) electrons. The molecule has 166 valence electrons. The number of nitrogens with one attached hydrogen (secondary N) is 3. The summed E-state index contributed by atoms with van der Waals surface area (Å²) in [4.78, 5) is 24.7. The van der Waals surface area contributed by atoms with Gasteiger partial charge in [0.1, 0.15) is 5.75 Å². The minimum absolute atomic E-state index is 0.135. The quantitative estimate of drug-likeness (QED) is 0.387. The molecule has 1 aromatic heterocycles. The Hall–Kier alpha value is -3.46. The molecule has 8 nitrogen and oxygen atoms in total. The molecule has 1 amide bonds. The molecule has 0 unspecified atom stereocenters. The lowest BCUT2D eigenvalue weighted by Crippen LogP contribution is -2.39. The Morgan fingerprint density at radius 2 is 2.00 bits per heavy atom. The highest BCUT2D eigenvalue weighted by Gasteiger charge is 2.20. The summed E-state index contributed by atoms with van der Waals surface area (Å²) in [5.74, 6) is 1.12. The van der Waals surface area contributed by atoms with Crippen LogP contribution in [-0.4, -0.2) is 34.4 Å². The van der Waals surface area contributed by atoms with Crippen LogP contribution >= 0.6 is 11.8 Å². The number of aliphatic imine (C=N–C) groups is 2. The standard InChI is InChI=1S/C23H26N6O2S/c1-2-3-12-31-16-10-8-15(9-11-16)26-20(30)14-32-23-28-21(27-22(24)29-23)18-13-25-19-7-5-4-6-17(18)19/h4-11,13,21,25H,2-3,12,14H2,1H3,(H,26,30)(H3,24,27,28,29)/t21-/m0/s1. The molecule has 0 aliphatic carbocycles. The molecular formula is C23H26N6O2S. The highest BCUT2D eigenvalue weighted by molar-refractivity contribution is 8.14. The lowest BCUT2D eigenvalue weighted by Gasteiger charge is -2.18. The number of carbonyl (C=O) groups is 1. The molecule has 4 rings (SSSR count). The molecule has 0 saturated carbocycles. The molecule has 1 aliphatic rings. The van der Waals surface area contributed by atoms with E-state index in [0.717, 1.165) is 40.7 Å². The SMILES string of the molecule is CCCCOc1ccc(NC(=O)CSC2=N[C@@H](c3c[nH]c4ccccc34)N=C(N)N2)cc1. The Labute approximate surface area is 190 Å². The van der Waals surface area contributed by atoms with Crippen molar-refractivity contribution in [3.05, 3.63) is 60.3 Å². The largest absolute Gasteiger partial charge is 0.494 e. The number of nitrogens with zero attached hydrogens (tertiary/aromatic N) is 2. The van der Waals surface area contributed by atoms with Crippen LogP contribution in [0.3, 0.4) is 0 Å². The summed E-state index contributed by atoms with van der Waals surface area (Å²) < 4.78 is 5.64. The third kappa shape index (κ3) is 5.42. The van der Waals surface area contributed by atoms with E-state index in [1.807, 2.05) is 54.7 Å². The summed E-state index contributed by atoms with van der Waals surface area (Å²) in [6, 6.07) is 15.3. The highest BCUT2D eigenvalue weighted by atomic mass is 32.2. The van der Waals surface area contributed by atoms with Gasteiger partial charge in [0, 0.05) is 28.4 Å². The Balaban J connectivity index is 1.34. The summed E-state index contributed by atoms with van der Waals surface area (Å²) >= 11 is 1.28. The Morgan fingerprint density at radius 1 is 1.19 bits per heavy atom. The number of aromatic nitrogens is 1. The number of nitrogens with two attached hydrogens (primary N) is 1. The zero-order valence-corrected chi connectivity index (χ0v) is 18.6. The fourth-order valence-electron chi connectivity index (χ4n) is 3.27. The van der Waals surface area contributed by atoms with E-state index in [9.17, 15) is 4.79 Å². The van der Waals surface area contributed by atoms with Crippen LogP contribution in [0.1, 0.15) is 31.5 Å². The average molecular weight is 451 g/mol. The van der Waals surface area contributed by atoms with Crippen molar-refractivity contribution in [3.8, 4) is 5.75 Å². The van der Waals surface area contributed by atoms with Crippen molar-refractivity contribution >= 4 is 45.4 Å². The van der Waals surface area contributed by atoms with Crippen LogP contribution in [0, 0.1) is 0 Å². The Morgan fingerprint density at radius 3 is 2.81 bits per heavy atom. The molecule has 2 heterocycles. The average Bonchev–Trinajstić information content (AvgIpc) is 3.23. The van der Waals surface area contributed by atoms with Gasteiger partial charge in [0.2, 0.25) is 5.91 Å². The Bertz CT molecular complexity index is 1140. The monoisotopic (exact) mass is 450 g/mol. The van der Waals surface area contributed by atoms with Crippen molar-refractivity contribution in [2.75, 3.05) is 17.7 Å². The number of unbranched alkanes of at least 4 members (excludes halogenated alkanes) is 1. The van der Waals surface area contributed by atoms with Crippen LogP contribution in [0.25, 0.3) is 10.9 Å². The van der Waals surface area contributed by atoms with Crippen LogP contribution in [0.5, 0.6) is 5.75 Å². The summed E-state index contributed by atoms with van der Waals surface area (Å²) in [5, 5.41) is 7.43. The molecule has 3 aromatic rings. The topological polar surface area (TPSA) is 117 Å². The van der Waals surface area contributed by atoms with E-state index in [1.54, 1.807) is 0 Å². The van der Waals surface area contributed by atoms with Gasteiger partial charge in [-0.15, -0.1) is 0 Å². The first kappa shape index (κ1) is 21.8. The van der Waals surface area contributed by atoms with E-state index in [1.165, 1.54) is 11.8 Å². The third-order valence-electron chi connectivity index (χ3n) is 4.88. The van der Waals surface area contributed by atoms with Crippen LogP contribution in [0.4, 0.5) is 5.69 Å². The number of hydrogen-bond acceptors (Lipinski definition) is 7. The molecule has 0 saturated heterocycles. The molecule has 5 N–H and O–H groups in total. The number of benzene rings is 2.